The number of hydrogen-bond donors (Lipinski definition) is 2. The lowest BCUT2D eigenvalue weighted by molar-refractivity contribution is -0.134. The fourth-order valence-corrected chi connectivity index (χ4v) is 4.13. The minimum absolute atomic E-state index is 0.000303. The van der Waals surface area contributed by atoms with Crippen molar-refractivity contribution >= 4 is 11.8 Å². The Balaban J connectivity index is 1.32. The Morgan fingerprint density at radius 2 is 1.56 bits per heavy atom. The van der Waals surface area contributed by atoms with Gasteiger partial charge in [0.1, 0.15) is 11.9 Å². The molecule has 2 unspecified atom stereocenters. The Bertz CT molecular complexity index is 976. The summed E-state index contributed by atoms with van der Waals surface area (Å²) in [6, 6.07) is 11.0. The van der Waals surface area contributed by atoms with Crippen LogP contribution in [-0.2, 0) is 4.79 Å². The number of methoxy groups -OCH3 is 2. The van der Waals surface area contributed by atoms with E-state index in [1.165, 1.54) is 19.2 Å². The van der Waals surface area contributed by atoms with Gasteiger partial charge in [-0.3, -0.25) is 9.59 Å². The number of hydrazine groups is 1. The highest BCUT2D eigenvalue weighted by molar-refractivity contribution is 5.95. The molecule has 2 atom stereocenters. The summed E-state index contributed by atoms with van der Waals surface area (Å²) in [5.74, 6) is 0.682. The first-order valence-electron chi connectivity index (χ1n) is 10.6. The predicted molar refractivity (Wildman–Crippen MR) is 116 cm³/mol. The zero-order chi connectivity index (χ0) is 22.7. The van der Waals surface area contributed by atoms with E-state index in [2.05, 4.69) is 10.9 Å². The lowest BCUT2D eigenvalue weighted by Gasteiger charge is -2.36. The molecule has 0 spiro atoms. The molecule has 2 heterocycles. The summed E-state index contributed by atoms with van der Waals surface area (Å²) in [4.78, 5) is 29.4. The van der Waals surface area contributed by atoms with E-state index < -0.39 is 0 Å². The van der Waals surface area contributed by atoms with Gasteiger partial charge >= 0.3 is 0 Å². The first kappa shape index (κ1) is 22.0. The number of rotatable bonds is 5. The predicted octanol–water partition coefficient (Wildman–Crippen LogP) is 1.74. The highest BCUT2D eigenvalue weighted by atomic mass is 19.1. The van der Waals surface area contributed by atoms with E-state index in [1.54, 1.807) is 47.2 Å². The Labute approximate surface area is 186 Å². The Morgan fingerprint density at radius 3 is 2.22 bits per heavy atom. The van der Waals surface area contributed by atoms with Gasteiger partial charge in [0.05, 0.1) is 14.2 Å². The first-order valence-corrected chi connectivity index (χ1v) is 10.6. The molecule has 8 nitrogen and oxygen atoms in total. The third-order valence-electron chi connectivity index (χ3n) is 5.98. The Morgan fingerprint density at radius 1 is 0.906 bits per heavy atom. The summed E-state index contributed by atoms with van der Waals surface area (Å²) >= 11 is 0. The van der Waals surface area contributed by atoms with Crippen LogP contribution < -0.4 is 20.3 Å². The molecule has 2 fully saturated rings. The number of carbonyl (C=O) groups excluding carboxylic acids is 2. The summed E-state index contributed by atoms with van der Waals surface area (Å²) in [5.41, 5.74) is 7.63. The molecule has 2 aliphatic heterocycles. The maximum Gasteiger partial charge on any atom is 0.254 e. The summed E-state index contributed by atoms with van der Waals surface area (Å²) in [6.45, 7) is 1.86. The molecule has 0 aromatic heterocycles. The molecule has 0 radical (unpaired) electrons. The van der Waals surface area contributed by atoms with Crippen molar-refractivity contribution in [2.24, 2.45) is 0 Å². The van der Waals surface area contributed by atoms with Crippen molar-refractivity contribution in [1.82, 2.24) is 20.7 Å². The summed E-state index contributed by atoms with van der Waals surface area (Å²) in [5, 5.41) is 0. The molecule has 2 aliphatic rings. The van der Waals surface area contributed by atoms with Crippen LogP contribution in [0.15, 0.2) is 42.5 Å². The molecule has 2 saturated heterocycles. The van der Waals surface area contributed by atoms with Crippen LogP contribution in [0.1, 0.15) is 28.4 Å². The van der Waals surface area contributed by atoms with Gasteiger partial charge in [-0.1, -0.05) is 12.1 Å². The van der Waals surface area contributed by atoms with Gasteiger partial charge < -0.3 is 19.3 Å². The average molecular weight is 442 g/mol. The fraction of sp³-hybridized carbons (Fsp3) is 0.391. The van der Waals surface area contributed by atoms with Gasteiger partial charge in [0, 0.05) is 37.8 Å². The van der Waals surface area contributed by atoms with Gasteiger partial charge in [0.2, 0.25) is 5.91 Å². The summed E-state index contributed by atoms with van der Waals surface area (Å²) < 4.78 is 23.7. The van der Waals surface area contributed by atoms with Gasteiger partial charge in [-0.25, -0.2) is 15.2 Å². The molecule has 2 aromatic carbocycles. The average Bonchev–Trinajstić information content (AvgIpc) is 3.33. The smallest absolute Gasteiger partial charge is 0.254 e. The molecule has 32 heavy (non-hydrogen) atoms. The van der Waals surface area contributed by atoms with E-state index in [1.807, 2.05) is 0 Å². The van der Waals surface area contributed by atoms with Gasteiger partial charge in [-0.2, -0.15) is 0 Å². The van der Waals surface area contributed by atoms with Crippen molar-refractivity contribution in [1.29, 1.82) is 0 Å². The summed E-state index contributed by atoms with van der Waals surface area (Å²) in [7, 11) is 3.08. The molecular weight excluding hydrogens is 415 g/mol. The van der Waals surface area contributed by atoms with Gasteiger partial charge in [0.15, 0.2) is 11.5 Å². The van der Waals surface area contributed by atoms with E-state index >= 15 is 0 Å². The molecule has 2 aromatic rings. The minimum atomic E-state index is -0.363. The fourth-order valence-electron chi connectivity index (χ4n) is 4.13. The molecule has 0 bridgehead atoms. The number of nitrogens with zero attached hydrogens (tertiary/aromatic N) is 2. The number of amides is 2. The number of hydrogen-bond acceptors (Lipinski definition) is 6. The standard InChI is InChI=1S/C23H27FN4O4/c1-31-20-8-5-16(13-21(20)32-2)22(29)27-9-11-28(12-10-27)23(30)19-14-18(25-26-19)15-3-6-17(24)7-4-15/h3-8,13,18-19,25-26H,9-12,14H2,1-2H3. The topological polar surface area (TPSA) is 83.1 Å². The molecule has 4 rings (SSSR count). The van der Waals surface area contributed by atoms with E-state index in [0.717, 1.165) is 5.56 Å². The lowest BCUT2D eigenvalue weighted by atomic mass is 10.0. The van der Waals surface area contributed by atoms with E-state index in [0.29, 0.717) is 49.7 Å². The minimum Gasteiger partial charge on any atom is -0.493 e. The van der Waals surface area contributed by atoms with Crippen LogP contribution in [0.4, 0.5) is 4.39 Å². The number of nitrogens with one attached hydrogen (secondary N) is 2. The second-order valence-electron chi connectivity index (χ2n) is 7.87. The van der Waals surface area contributed by atoms with Crippen molar-refractivity contribution in [2.45, 2.75) is 18.5 Å². The molecule has 9 heteroatoms. The zero-order valence-corrected chi connectivity index (χ0v) is 18.1. The third kappa shape index (κ3) is 4.53. The van der Waals surface area contributed by atoms with Crippen LogP contribution in [0, 0.1) is 5.82 Å². The van der Waals surface area contributed by atoms with Crippen LogP contribution in [0.5, 0.6) is 11.5 Å². The number of ether oxygens (including phenoxy) is 2. The van der Waals surface area contributed by atoms with Gasteiger partial charge in [0.25, 0.3) is 5.91 Å². The van der Waals surface area contributed by atoms with Crippen molar-refractivity contribution in [3.05, 3.63) is 59.4 Å². The second-order valence-corrected chi connectivity index (χ2v) is 7.87. The van der Waals surface area contributed by atoms with Crippen LogP contribution in [0.25, 0.3) is 0 Å². The number of benzene rings is 2. The number of carbonyl (C=O) groups is 2. The summed E-state index contributed by atoms with van der Waals surface area (Å²) in [6.07, 6.45) is 0.579. The molecule has 0 saturated carbocycles. The highest BCUT2D eigenvalue weighted by Crippen LogP contribution is 2.28. The Kier molecular flexibility index (Phi) is 6.57. The molecule has 0 aliphatic carbocycles. The van der Waals surface area contributed by atoms with Crippen LogP contribution in [0.2, 0.25) is 0 Å². The van der Waals surface area contributed by atoms with Crippen LogP contribution in [0.3, 0.4) is 0 Å². The van der Waals surface area contributed by atoms with Crippen LogP contribution >= 0.6 is 0 Å². The number of halogens is 1. The van der Waals surface area contributed by atoms with E-state index in [-0.39, 0.29) is 29.7 Å². The van der Waals surface area contributed by atoms with Crippen molar-refractivity contribution in [2.75, 3.05) is 40.4 Å². The third-order valence-corrected chi connectivity index (χ3v) is 5.98. The largest absolute Gasteiger partial charge is 0.493 e. The lowest BCUT2D eigenvalue weighted by Crippen LogP contribution is -2.54. The van der Waals surface area contributed by atoms with E-state index in [4.69, 9.17) is 9.47 Å². The molecule has 2 N–H and O–H groups in total. The quantitative estimate of drug-likeness (QED) is 0.734. The highest BCUT2D eigenvalue weighted by Gasteiger charge is 2.34. The SMILES string of the molecule is COc1ccc(C(=O)N2CCN(C(=O)C3CC(c4ccc(F)cc4)NN3)CC2)cc1OC. The van der Waals surface area contributed by atoms with Crippen molar-refractivity contribution < 1.29 is 23.5 Å². The van der Waals surface area contributed by atoms with Gasteiger partial charge in [-0.05, 0) is 42.3 Å². The molecule has 170 valence electrons. The zero-order valence-electron chi connectivity index (χ0n) is 18.1. The maximum absolute atomic E-state index is 13.2. The Hall–Kier alpha value is -3.17. The van der Waals surface area contributed by atoms with E-state index in [9.17, 15) is 14.0 Å². The monoisotopic (exact) mass is 442 g/mol. The first-order chi connectivity index (χ1) is 15.5. The van der Waals surface area contributed by atoms with Gasteiger partial charge in [-0.15, -0.1) is 0 Å². The van der Waals surface area contributed by atoms with Crippen molar-refractivity contribution in [3.63, 3.8) is 0 Å². The second kappa shape index (κ2) is 9.54. The molecular formula is C23H27FN4O4. The van der Waals surface area contributed by atoms with Crippen LogP contribution in [-0.4, -0.2) is 68.1 Å². The molecule has 2 amide bonds. The van der Waals surface area contributed by atoms with Crippen molar-refractivity contribution in [3.8, 4) is 11.5 Å². The normalized spacial score (nSPS) is 20.8. The maximum atomic E-state index is 13.2. The number of piperazine rings is 1.